The predicted molar refractivity (Wildman–Crippen MR) is 148 cm³/mol. The average molecular weight is 531 g/mol. The highest BCUT2D eigenvalue weighted by Gasteiger charge is 2.57. The van der Waals surface area contributed by atoms with Crippen molar-refractivity contribution in [1.29, 1.82) is 0 Å². The van der Waals surface area contributed by atoms with Gasteiger partial charge in [0.05, 0.1) is 34.9 Å². The molecule has 1 heterocycles. The molecule has 1 aromatic carbocycles. The number of ketones is 1. The van der Waals surface area contributed by atoms with Gasteiger partial charge >= 0.3 is 0 Å². The Labute approximate surface area is 223 Å². The molecule has 36 heavy (non-hydrogen) atoms. The van der Waals surface area contributed by atoms with Crippen LogP contribution in [0.1, 0.15) is 57.2 Å². The molecule has 1 saturated heterocycles. The summed E-state index contributed by atoms with van der Waals surface area (Å²) in [5.74, 6) is -1.05. The molecule has 4 rings (SSSR count). The smallest absolute Gasteiger partial charge is 0.224 e. The molecule has 0 radical (unpaired) electrons. The second-order valence-electron chi connectivity index (χ2n) is 11.1. The van der Waals surface area contributed by atoms with Gasteiger partial charge in [0.2, 0.25) is 11.8 Å². The maximum atomic E-state index is 14.0. The van der Waals surface area contributed by atoms with Crippen molar-refractivity contribution >= 4 is 46.6 Å². The molecular weight excluding hydrogens is 492 g/mol. The second-order valence-corrected chi connectivity index (χ2v) is 12.9. The molecule has 196 valence electrons. The lowest BCUT2D eigenvalue weighted by atomic mass is 9.74. The van der Waals surface area contributed by atoms with E-state index in [1.807, 2.05) is 38.2 Å². The summed E-state index contributed by atoms with van der Waals surface area (Å²) in [6, 6.07) is 6.96. The van der Waals surface area contributed by atoms with Crippen molar-refractivity contribution in [3.8, 4) is 0 Å². The Bertz CT molecular complexity index is 1050. The van der Waals surface area contributed by atoms with E-state index in [9.17, 15) is 14.4 Å². The van der Waals surface area contributed by atoms with Gasteiger partial charge in [-0.25, -0.2) is 0 Å². The van der Waals surface area contributed by atoms with Crippen LogP contribution in [0, 0.1) is 23.2 Å². The minimum Gasteiger partial charge on any atom is -0.369 e. The monoisotopic (exact) mass is 530 g/mol. The number of hydrogen-bond donors (Lipinski definition) is 4. The number of fused-ring (bicyclic) bond motifs is 2. The summed E-state index contributed by atoms with van der Waals surface area (Å²) in [5.41, 5.74) is 7.48. The second kappa shape index (κ2) is 10.8. The number of rotatable bonds is 6. The number of carbonyl (C=O) groups is 3. The summed E-state index contributed by atoms with van der Waals surface area (Å²) in [6.07, 6.45) is 2.82. The van der Waals surface area contributed by atoms with Crippen LogP contribution in [0.15, 0.2) is 24.3 Å². The molecule has 9 heteroatoms. The number of benzene rings is 1. The zero-order valence-electron chi connectivity index (χ0n) is 21.5. The highest BCUT2D eigenvalue weighted by atomic mass is 32.2. The SMILES string of the molecule is CN[C@@H](C)C(=S)N[C@H]1CCSC2CC(C)(C)[C@@H](C(=O)N[C@H]3c4ccccc4CC[C@H]3C(N)=O)C2C1=O. The van der Waals surface area contributed by atoms with Gasteiger partial charge in [0.1, 0.15) is 0 Å². The molecule has 0 aromatic heterocycles. The van der Waals surface area contributed by atoms with Crippen LogP contribution < -0.4 is 21.7 Å². The van der Waals surface area contributed by atoms with E-state index in [1.54, 1.807) is 11.8 Å². The Hall–Kier alpha value is -1.97. The molecular formula is C27H38N4O3S2. The van der Waals surface area contributed by atoms with Crippen LogP contribution in [0.25, 0.3) is 0 Å². The summed E-state index contributed by atoms with van der Waals surface area (Å²) in [5, 5.41) is 9.69. The molecule has 7 atom stereocenters. The third-order valence-electron chi connectivity index (χ3n) is 8.34. The lowest BCUT2D eigenvalue weighted by Gasteiger charge is -2.36. The molecule has 1 aromatic rings. The van der Waals surface area contributed by atoms with Crippen molar-refractivity contribution in [1.82, 2.24) is 16.0 Å². The molecule has 7 nitrogen and oxygen atoms in total. The number of thiocarbonyl (C=S) groups is 1. The summed E-state index contributed by atoms with van der Waals surface area (Å²) in [4.78, 5) is 40.9. The lowest BCUT2D eigenvalue weighted by molar-refractivity contribution is -0.137. The molecule has 0 bridgehead atoms. The van der Waals surface area contributed by atoms with E-state index < -0.39 is 35.7 Å². The molecule has 5 N–H and O–H groups in total. The third kappa shape index (κ3) is 5.20. The molecule has 3 aliphatic rings. The van der Waals surface area contributed by atoms with Crippen LogP contribution in [-0.4, -0.2) is 52.7 Å². The Balaban J connectivity index is 1.62. The van der Waals surface area contributed by atoms with E-state index in [-0.39, 0.29) is 28.4 Å². The fourth-order valence-corrected chi connectivity index (χ4v) is 8.25. The summed E-state index contributed by atoms with van der Waals surface area (Å²) in [6.45, 7) is 6.12. The van der Waals surface area contributed by atoms with E-state index in [1.165, 1.54) is 0 Å². The van der Waals surface area contributed by atoms with E-state index in [2.05, 4.69) is 29.8 Å². The summed E-state index contributed by atoms with van der Waals surface area (Å²) < 4.78 is 0. The van der Waals surface area contributed by atoms with Gasteiger partial charge < -0.3 is 21.7 Å². The molecule has 0 spiro atoms. The van der Waals surface area contributed by atoms with Crippen LogP contribution in [0.3, 0.4) is 0 Å². The number of hydrogen-bond acceptors (Lipinski definition) is 6. The normalized spacial score (nSPS) is 31.9. The zero-order valence-corrected chi connectivity index (χ0v) is 23.1. The predicted octanol–water partition coefficient (Wildman–Crippen LogP) is 2.52. The van der Waals surface area contributed by atoms with Crippen LogP contribution in [0.4, 0.5) is 0 Å². The van der Waals surface area contributed by atoms with Gasteiger partial charge in [0.15, 0.2) is 5.78 Å². The minimum absolute atomic E-state index is 0.0456. The largest absolute Gasteiger partial charge is 0.369 e. The number of Topliss-reactive ketones (excluding diaryl/α,β-unsaturated/α-hetero) is 1. The molecule has 2 unspecified atom stereocenters. The Morgan fingerprint density at radius 2 is 1.92 bits per heavy atom. The van der Waals surface area contributed by atoms with Crippen molar-refractivity contribution in [2.24, 2.45) is 28.9 Å². The Kier molecular flexibility index (Phi) is 8.12. The standard InChI is InChI=1S/C27H38N4O3S2/c1-14(29-4)26(35)30-18-11-12-36-19-13-27(2,3)21(20(19)23(18)32)25(34)31-22-16-8-6-5-7-15(16)9-10-17(22)24(28)33/h5-8,14,17-22,29H,9-13H2,1-4H3,(H2,28,33)(H,30,35)(H,31,34)/t14-,17+,18-,19?,20?,21+,22-/m0/s1. The van der Waals surface area contributed by atoms with Crippen molar-refractivity contribution < 1.29 is 14.4 Å². The van der Waals surface area contributed by atoms with E-state index in [4.69, 9.17) is 18.0 Å². The number of nitrogens with two attached hydrogens (primary N) is 1. The van der Waals surface area contributed by atoms with Crippen LogP contribution in [0.2, 0.25) is 0 Å². The van der Waals surface area contributed by atoms with Gasteiger partial charge in [0, 0.05) is 11.2 Å². The highest BCUT2D eigenvalue weighted by Crippen LogP contribution is 2.53. The number of primary amides is 1. The Morgan fingerprint density at radius 3 is 2.61 bits per heavy atom. The lowest BCUT2D eigenvalue weighted by Crippen LogP contribution is -2.52. The average Bonchev–Trinajstić information content (AvgIpc) is 3.03. The summed E-state index contributed by atoms with van der Waals surface area (Å²) >= 11 is 7.32. The molecule has 2 fully saturated rings. The van der Waals surface area contributed by atoms with Crippen LogP contribution in [0.5, 0.6) is 0 Å². The van der Waals surface area contributed by atoms with E-state index in [0.29, 0.717) is 17.8 Å². The van der Waals surface area contributed by atoms with Gasteiger partial charge in [-0.2, -0.15) is 11.8 Å². The summed E-state index contributed by atoms with van der Waals surface area (Å²) in [7, 11) is 1.84. The third-order valence-corrected chi connectivity index (χ3v) is 10.2. The molecule has 2 aliphatic carbocycles. The molecule has 1 aliphatic heterocycles. The van der Waals surface area contributed by atoms with E-state index in [0.717, 1.165) is 29.7 Å². The minimum atomic E-state index is -0.497. The molecule has 1 saturated carbocycles. The quantitative estimate of drug-likeness (QED) is 0.418. The Morgan fingerprint density at radius 1 is 1.19 bits per heavy atom. The van der Waals surface area contributed by atoms with Gasteiger partial charge in [-0.3, -0.25) is 14.4 Å². The number of likely N-dealkylation sites (N-methyl/N-ethyl adjacent to an activating group) is 1. The van der Waals surface area contributed by atoms with Gasteiger partial charge in [-0.15, -0.1) is 0 Å². The van der Waals surface area contributed by atoms with Gasteiger partial charge in [-0.1, -0.05) is 50.3 Å². The first-order valence-electron chi connectivity index (χ1n) is 12.9. The zero-order chi connectivity index (χ0) is 26.2. The maximum Gasteiger partial charge on any atom is 0.224 e. The number of carbonyl (C=O) groups excluding carboxylic acids is 3. The molecule has 2 amide bonds. The fraction of sp³-hybridized carbons (Fsp3) is 0.630. The van der Waals surface area contributed by atoms with Crippen molar-refractivity contribution in [2.45, 2.75) is 69.8 Å². The van der Waals surface area contributed by atoms with Crippen LogP contribution >= 0.6 is 24.0 Å². The number of aryl methyl sites for hydroxylation is 1. The first-order valence-corrected chi connectivity index (χ1v) is 14.3. The highest BCUT2D eigenvalue weighted by molar-refractivity contribution is 8.00. The number of amides is 2. The van der Waals surface area contributed by atoms with E-state index >= 15 is 0 Å². The van der Waals surface area contributed by atoms with Crippen molar-refractivity contribution in [2.75, 3.05) is 12.8 Å². The van der Waals surface area contributed by atoms with Crippen molar-refractivity contribution in [3.63, 3.8) is 0 Å². The number of nitrogens with one attached hydrogen (secondary N) is 3. The first kappa shape index (κ1) is 27.1. The fourth-order valence-electron chi connectivity index (χ4n) is 6.27. The van der Waals surface area contributed by atoms with Gasteiger partial charge in [-0.05, 0) is 61.9 Å². The topological polar surface area (TPSA) is 113 Å². The van der Waals surface area contributed by atoms with Crippen molar-refractivity contribution in [3.05, 3.63) is 35.4 Å². The maximum absolute atomic E-state index is 14.0. The van der Waals surface area contributed by atoms with Gasteiger partial charge in [0.25, 0.3) is 0 Å². The first-order chi connectivity index (χ1) is 17.0. The number of thioether (sulfide) groups is 1. The van der Waals surface area contributed by atoms with Crippen LogP contribution in [-0.2, 0) is 20.8 Å².